The Hall–Kier alpha value is -1.37. The minimum atomic E-state index is -0.0263. The van der Waals surface area contributed by atoms with Gasteiger partial charge in [-0.05, 0) is 43.7 Å². The molecule has 3 unspecified atom stereocenters. The van der Waals surface area contributed by atoms with Crippen molar-refractivity contribution in [2.24, 2.45) is 11.3 Å². The summed E-state index contributed by atoms with van der Waals surface area (Å²) < 4.78 is 18.4. The molecule has 1 aromatic rings. The van der Waals surface area contributed by atoms with Crippen LogP contribution in [-0.2, 0) is 20.6 Å². The predicted octanol–water partition coefficient (Wildman–Crippen LogP) is 7.09. The lowest BCUT2D eigenvalue weighted by molar-refractivity contribution is -0.0681. The van der Waals surface area contributed by atoms with Gasteiger partial charge < -0.3 is 14.2 Å². The van der Waals surface area contributed by atoms with Crippen molar-refractivity contribution in [3.05, 3.63) is 83.7 Å². The molecule has 6 atom stereocenters. The second-order valence-electron chi connectivity index (χ2n) is 9.44. The van der Waals surface area contributed by atoms with Gasteiger partial charge in [0.15, 0.2) is 0 Å². The van der Waals surface area contributed by atoms with Crippen molar-refractivity contribution in [3.8, 4) is 0 Å². The molecule has 0 amide bonds. The maximum atomic E-state index is 6.33. The van der Waals surface area contributed by atoms with Crippen LogP contribution in [0.1, 0.15) is 41.2 Å². The molecular formula is C29H38O3S2. The Bertz CT molecular complexity index is 916. The van der Waals surface area contributed by atoms with Gasteiger partial charge in [0.05, 0.1) is 37.8 Å². The van der Waals surface area contributed by atoms with E-state index in [0.29, 0.717) is 43.0 Å². The molecule has 0 N–H and O–H groups in total. The highest BCUT2D eigenvalue weighted by Gasteiger charge is 2.52. The van der Waals surface area contributed by atoms with Crippen LogP contribution in [0.3, 0.4) is 0 Å². The van der Waals surface area contributed by atoms with E-state index in [1.807, 2.05) is 35.3 Å². The number of fused-ring (bicyclic) bond motifs is 1. The van der Waals surface area contributed by atoms with E-state index < -0.39 is 0 Å². The first-order valence-electron chi connectivity index (χ1n) is 12.4. The van der Waals surface area contributed by atoms with Crippen LogP contribution in [0.25, 0.3) is 0 Å². The molecule has 1 saturated carbocycles. The topological polar surface area (TPSA) is 27.7 Å². The van der Waals surface area contributed by atoms with Crippen LogP contribution in [-0.4, -0.2) is 43.9 Å². The van der Waals surface area contributed by atoms with Crippen LogP contribution in [0.15, 0.2) is 73.9 Å². The molecule has 4 rings (SSSR count). The molecule has 34 heavy (non-hydrogen) atoms. The Labute approximate surface area is 213 Å². The van der Waals surface area contributed by atoms with Crippen LogP contribution in [0, 0.1) is 11.3 Å². The molecule has 2 aliphatic carbocycles. The van der Waals surface area contributed by atoms with Crippen LogP contribution < -0.4 is 0 Å². The molecule has 3 nitrogen and oxygen atoms in total. The summed E-state index contributed by atoms with van der Waals surface area (Å²) in [4.78, 5) is 2.83. The first kappa shape index (κ1) is 25.7. The standard InChI is InChI=1S/C29H38O3S2/c1-5-13-30-20-24-17-25(31-14-6-2)27(32-15-7-3)28(34-24)26-10-9-23(33-26)19-29-12-11-21(8-4)16-22(29)18-29/h5-7,9-12,16,22,24-25,27-28H,1-3,8,13-15,17-20H2,4H3/t22?,24-,25-,27+,28?,29?/m0/s1. The molecular weight excluding hydrogens is 460 g/mol. The van der Waals surface area contributed by atoms with Crippen LogP contribution >= 0.6 is 23.1 Å². The molecule has 184 valence electrons. The minimum absolute atomic E-state index is 0.00244. The van der Waals surface area contributed by atoms with E-state index in [1.54, 1.807) is 6.08 Å². The zero-order valence-electron chi connectivity index (χ0n) is 20.3. The van der Waals surface area contributed by atoms with E-state index in [9.17, 15) is 0 Å². The summed E-state index contributed by atoms with van der Waals surface area (Å²) in [5.74, 6) is 0.716. The lowest BCUT2D eigenvalue weighted by Gasteiger charge is -2.40. The first-order valence-corrected chi connectivity index (χ1v) is 14.2. The molecule has 0 radical (unpaired) electrons. The quantitative estimate of drug-likeness (QED) is 0.202. The summed E-state index contributed by atoms with van der Waals surface area (Å²) >= 11 is 3.91. The van der Waals surface area contributed by atoms with Crippen molar-refractivity contribution in [1.82, 2.24) is 0 Å². The number of allylic oxidation sites excluding steroid dienone is 4. The number of thiophene rings is 1. The molecule has 1 aliphatic heterocycles. The zero-order chi connectivity index (χ0) is 24.0. The predicted molar refractivity (Wildman–Crippen MR) is 146 cm³/mol. The van der Waals surface area contributed by atoms with Gasteiger partial charge in [-0.2, -0.15) is 0 Å². The van der Waals surface area contributed by atoms with Gasteiger partial charge in [0.2, 0.25) is 0 Å². The molecule has 1 saturated heterocycles. The van der Waals surface area contributed by atoms with Crippen molar-refractivity contribution in [2.75, 3.05) is 26.4 Å². The fourth-order valence-corrected chi connectivity index (χ4v) is 8.08. The van der Waals surface area contributed by atoms with Gasteiger partial charge in [-0.1, -0.05) is 49.0 Å². The van der Waals surface area contributed by atoms with E-state index in [4.69, 9.17) is 14.2 Å². The van der Waals surface area contributed by atoms with Crippen molar-refractivity contribution in [2.45, 2.75) is 55.3 Å². The summed E-state index contributed by atoms with van der Waals surface area (Å²) in [6.45, 7) is 16.0. The third kappa shape index (κ3) is 6.06. The van der Waals surface area contributed by atoms with Gasteiger partial charge in [-0.25, -0.2) is 0 Å². The normalized spacial score (nSPS) is 32.0. The second-order valence-corrected chi connectivity index (χ2v) is 12.1. The number of thioether (sulfide) groups is 1. The summed E-state index contributed by atoms with van der Waals surface area (Å²) in [5, 5.41) is 0.555. The fourth-order valence-electron chi connectivity index (χ4n) is 5.09. The summed E-state index contributed by atoms with van der Waals surface area (Å²) in [7, 11) is 0. The van der Waals surface area contributed by atoms with E-state index in [2.05, 4.69) is 57.0 Å². The highest BCUT2D eigenvalue weighted by Crippen LogP contribution is 2.60. The highest BCUT2D eigenvalue weighted by atomic mass is 32.2. The Morgan fingerprint density at radius 2 is 1.88 bits per heavy atom. The smallest absolute Gasteiger partial charge is 0.101 e. The van der Waals surface area contributed by atoms with Gasteiger partial charge in [0, 0.05) is 20.4 Å². The molecule has 2 fully saturated rings. The van der Waals surface area contributed by atoms with Crippen molar-refractivity contribution < 1.29 is 14.2 Å². The van der Waals surface area contributed by atoms with E-state index in [0.717, 1.165) is 19.3 Å². The average Bonchev–Trinajstić information content (AvgIpc) is 3.37. The Balaban J connectivity index is 1.50. The number of hydrogen-bond donors (Lipinski definition) is 0. The molecule has 0 aromatic carbocycles. The maximum absolute atomic E-state index is 6.33. The van der Waals surface area contributed by atoms with E-state index in [-0.39, 0.29) is 17.5 Å². The molecule has 3 aliphatic rings. The SMILES string of the molecule is C=CCOC[C@@H]1C[C@H](OCC=C)[C@@H](OCC=C)C(c2ccc(CC34C=CC(CC)=CC3C4)s2)S1. The lowest BCUT2D eigenvalue weighted by atomic mass is 9.91. The Kier molecular flexibility index (Phi) is 9.11. The Morgan fingerprint density at radius 1 is 1.09 bits per heavy atom. The molecule has 2 heterocycles. The van der Waals surface area contributed by atoms with Crippen molar-refractivity contribution in [1.29, 1.82) is 0 Å². The van der Waals surface area contributed by atoms with Crippen LogP contribution in [0.4, 0.5) is 0 Å². The van der Waals surface area contributed by atoms with Crippen LogP contribution in [0.5, 0.6) is 0 Å². The minimum Gasteiger partial charge on any atom is -0.376 e. The van der Waals surface area contributed by atoms with E-state index in [1.165, 1.54) is 21.7 Å². The van der Waals surface area contributed by atoms with Crippen molar-refractivity contribution in [3.63, 3.8) is 0 Å². The Morgan fingerprint density at radius 3 is 2.62 bits per heavy atom. The molecule has 0 spiro atoms. The average molecular weight is 499 g/mol. The zero-order valence-corrected chi connectivity index (χ0v) is 22.0. The fraction of sp³-hybridized carbons (Fsp3) is 0.517. The number of rotatable bonds is 14. The third-order valence-corrected chi connectivity index (χ3v) is 9.82. The van der Waals surface area contributed by atoms with Crippen LogP contribution in [0.2, 0.25) is 0 Å². The largest absolute Gasteiger partial charge is 0.376 e. The summed E-state index contributed by atoms with van der Waals surface area (Å²) in [5.41, 5.74) is 1.83. The molecule has 0 bridgehead atoms. The lowest BCUT2D eigenvalue weighted by Crippen LogP contribution is -2.43. The highest BCUT2D eigenvalue weighted by molar-refractivity contribution is 8.00. The first-order chi connectivity index (χ1) is 16.6. The third-order valence-electron chi connectivity index (χ3n) is 6.97. The van der Waals surface area contributed by atoms with Crippen molar-refractivity contribution >= 4 is 23.1 Å². The van der Waals surface area contributed by atoms with Gasteiger partial charge >= 0.3 is 0 Å². The van der Waals surface area contributed by atoms with Gasteiger partial charge in [0.25, 0.3) is 0 Å². The maximum Gasteiger partial charge on any atom is 0.101 e. The number of ether oxygens (including phenoxy) is 3. The summed E-state index contributed by atoms with van der Waals surface area (Å²) in [6, 6.07) is 4.65. The second kappa shape index (κ2) is 12.0. The summed E-state index contributed by atoms with van der Waals surface area (Å²) in [6.07, 6.45) is 17.2. The van der Waals surface area contributed by atoms with Gasteiger partial charge in [-0.15, -0.1) is 42.8 Å². The van der Waals surface area contributed by atoms with Gasteiger partial charge in [-0.3, -0.25) is 0 Å². The molecule has 1 aromatic heterocycles. The van der Waals surface area contributed by atoms with Gasteiger partial charge in [0.1, 0.15) is 6.10 Å². The van der Waals surface area contributed by atoms with E-state index >= 15 is 0 Å². The molecule has 5 heteroatoms. The monoisotopic (exact) mass is 498 g/mol. The number of hydrogen-bond acceptors (Lipinski definition) is 5.